The number of nitrogens with one attached hydrogen (secondary N) is 1. The average molecular weight is 350 g/mol. The third-order valence-electron chi connectivity index (χ3n) is 2.91. The summed E-state index contributed by atoms with van der Waals surface area (Å²) in [5.74, 6) is 0.0765. The third-order valence-corrected chi connectivity index (χ3v) is 3.16. The highest BCUT2D eigenvalue weighted by atomic mass is 35.5. The molecule has 0 saturated carbocycles. The van der Waals surface area contributed by atoms with Gasteiger partial charge in [0.25, 0.3) is 5.91 Å². The molecule has 2 rings (SSSR count). The molecule has 0 heterocycles. The molecule has 0 bridgehead atoms. The van der Waals surface area contributed by atoms with Crippen LogP contribution in [0.3, 0.4) is 0 Å². The molecule has 1 N–H and O–H groups in total. The molecule has 2 aromatic carbocycles. The third kappa shape index (κ3) is 5.81. The Morgan fingerprint density at radius 3 is 2.21 bits per heavy atom. The van der Waals surface area contributed by atoms with Crippen LogP contribution in [0.2, 0.25) is 5.02 Å². The first-order valence-corrected chi connectivity index (χ1v) is 7.42. The van der Waals surface area contributed by atoms with Crippen molar-refractivity contribution in [2.45, 2.75) is 0 Å². The van der Waals surface area contributed by atoms with E-state index in [0.717, 1.165) is 0 Å². The van der Waals surface area contributed by atoms with Crippen LogP contribution in [0.25, 0.3) is 0 Å². The second-order valence-electron chi connectivity index (χ2n) is 4.68. The Labute approximate surface area is 144 Å². The number of anilines is 1. The van der Waals surface area contributed by atoms with E-state index in [1.807, 2.05) is 0 Å². The van der Waals surface area contributed by atoms with Crippen molar-refractivity contribution in [2.75, 3.05) is 25.6 Å². The van der Waals surface area contributed by atoms with Crippen molar-refractivity contribution in [3.8, 4) is 11.5 Å². The topological polar surface area (TPSA) is 73.9 Å². The second-order valence-corrected chi connectivity index (χ2v) is 5.12. The standard InChI is InChI=1S/C17H16ClNO5/c1-22-14-8-4-13(5-9-14)19-16(20)10-24-17(21)11-23-15-6-2-12(18)3-7-15/h2-9H,10-11H2,1H3,(H,19,20). The maximum atomic E-state index is 11.7. The van der Waals surface area contributed by atoms with E-state index in [1.54, 1.807) is 55.6 Å². The lowest BCUT2D eigenvalue weighted by molar-refractivity contribution is -0.149. The molecule has 0 aliphatic carbocycles. The number of halogens is 1. The number of rotatable bonds is 7. The Morgan fingerprint density at radius 1 is 0.958 bits per heavy atom. The van der Waals surface area contributed by atoms with Gasteiger partial charge in [0.2, 0.25) is 0 Å². The monoisotopic (exact) mass is 349 g/mol. The Hall–Kier alpha value is -2.73. The molecule has 7 heteroatoms. The summed E-state index contributed by atoms with van der Waals surface area (Å²) in [6.45, 7) is -0.688. The Balaban J connectivity index is 1.70. The molecule has 0 fully saturated rings. The zero-order valence-corrected chi connectivity index (χ0v) is 13.7. The van der Waals surface area contributed by atoms with E-state index < -0.39 is 18.5 Å². The van der Waals surface area contributed by atoms with Crippen LogP contribution in [-0.4, -0.2) is 32.2 Å². The van der Waals surface area contributed by atoms with E-state index in [9.17, 15) is 9.59 Å². The van der Waals surface area contributed by atoms with Crippen LogP contribution in [0.4, 0.5) is 5.69 Å². The SMILES string of the molecule is COc1ccc(NC(=O)COC(=O)COc2ccc(Cl)cc2)cc1. The number of carbonyl (C=O) groups is 2. The Morgan fingerprint density at radius 2 is 1.58 bits per heavy atom. The van der Waals surface area contributed by atoms with Crippen molar-refractivity contribution in [3.63, 3.8) is 0 Å². The van der Waals surface area contributed by atoms with E-state index in [4.69, 9.17) is 25.8 Å². The summed E-state index contributed by atoms with van der Waals surface area (Å²) in [6.07, 6.45) is 0. The number of amides is 1. The predicted octanol–water partition coefficient (Wildman–Crippen LogP) is 2.91. The van der Waals surface area contributed by atoms with E-state index in [1.165, 1.54) is 0 Å². The van der Waals surface area contributed by atoms with Crippen LogP contribution in [0.1, 0.15) is 0 Å². The minimum absolute atomic E-state index is 0.294. The molecule has 0 radical (unpaired) electrons. The molecule has 6 nitrogen and oxygen atoms in total. The number of methoxy groups -OCH3 is 1. The van der Waals surface area contributed by atoms with E-state index in [0.29, 0.717) is 22.2 Å². The fourth-order valence-electron chi connectivity index (χ4n) is 1.73. The van der Waals surface area contributed by atoms with Crippen LogP contribution < -0.4 is 14.8 Å². The molecule has 0 saturated heterocycles. The number of esters is 1. The lowest BCUT2D eigenvalue weighted by atomic mass is 10.3. The van der Waals surface area contributed by atoms with E-state index in [2.05, 4.69) is 5.32 Å². The fourth-order valence-corrected chi connectivity index (χ4v) is 1.86. The van der Waals surface area contributed by atoms with Gasteiger partial charge >= 0.3 is 5.97 Å². The van der Waals surface area contributed by atoms with Gasteiger partial charge in [0, 0.05) is 10.7 Å². The van der Waals surface area contributed by atoms with Crippen LogP contribution in [0.15, 0.2) is 48.5 Å². The lowest BCUT2D eigenvalue weighted by Crippen LogP contribution is -2.23. The quantitative estimate of drug-likeness (QED) is 0.778. The van der Waals surface area contributed by atoms with E-state index in [-0.39, 0.29) is 6.61 Å². The van der Waals surface area contributed by atoms with Crippen molar-refractivity contribution in [2.24, 2.45) is 0 Å². The van der Waals surface area contributed by atoms with Crippen molar-refractivity contribution < 1.29 is 23.8 Å². The normalized spacial score (nSPS) is 9.92. The number of ether oxygens (including phenoxy) is 3. The molecule has 1 amide bonds. The van der Waals surface area contributed by atoms with Crippen molar-refractivity contribution in [1.82, 2.24) is 0 Å². The van der Waals surface area contributed by atoms with Gasteiger partial charge in [0.15, 0.2) is 13.2 Å². The van der Waals surface area contributed by atoms with Gasteiger partial charge in [-0.05, 0) is 48.5 Å². The summed E-state index contributed by atoms with van der Waals surface area (Å²) >= 11 is 5.74. The van der Waals surface area contributed by atoms with Gasteiger partial charge in [-0.2, -0.15) is 0 Å². The molecular formula is C17H16ClNO5. The summed E-state index contributed by atoms with van der Waals surface area (Å²) in [4.78, 5) is 23.3. The number of benzene rings is 2. The Bertz CT molecular complexity index is 685. The molecule has 24 heavy (non-hydrogen) atoms. The molecular weight excluding hydrogens is 334 g/mol. The molecule has 0 aliphatic heterocycles. The number of carbonyl (C=O) groups excluding carboxylic acids is 2. The largest absolute Gasteiger partial charge is 0.497 e. The van der Waals surface area contributed by atoms with Crippen molar-refractivity contribution in [1.29, 1.82) is 0 Å². The molecule has 0 unspecified atom stereocenters. The first-order chi connectivity index (χ1) is 11.6. The molecule has 126 valence electrons. The summed E-state index contributed by atoms with van der Waals surface area (Å²) in [7, 11) is 1.55. The highest BCUT2D eigenvalue weighted by molar-refractivity contribution is 6.30. The van der Waals surface area contributed by atoms with Crippen molar-refractivity contribution >= 4 is 29.2 Å². The predicted molar refractivity (Wildman–Crippen MR) is 89.5 cm³/mol. The molecule has 0 aromatic heterocycles. The smallest absolute Gasteiger partial charge is 0.344 e. The summed E-state index contributed by atoms with van der Waals surface area (Å²) in [5.41, 5.74) is 0.578. The zero-order valence-electron chi connectivity index (χ0n) is 13.0. The molecule has 0 atom stereocenters. The molecule has 0 spiro atoms. The van der Waals surface area contributed by atoms with Crippen LogP contribution in [-0.2, 0) is 14.3 Å². The van der Waals surface area contributed by atoms with Crippen LogP contribution >= 0.6 is 11.6 Å². The highest BCUT2D eigenvalue weighted by Gasteiger charge is 2.09. The minimum atomic E-state index is -0.644. The number of hydrogen-bond acceptors (Lipinski definition) is 5. The van der Waals surface area contributed by atoms with Gasteiger partial charge in [-0.25, -0.2) is 4.79 Å². The first kappa shape index (κ1) is 17.6. The molecule has 2 aromatic rings. The lowest BCUT2D eigenvalue weighted by Gasteiger charge is -2.08. The maximum absolute atomic E-state index is 11.7. The zero-order chi connectivity index (χ0) is 17.4. The Kier molecular flexibility index (Phi) is 6.45. The fraction of sp³-hybridized carbons (Fsp3) is 0.176. The summed E-state index contributed by atoms with van der Waals surface area (Å²) < 4.78 is 15.1. The minimum Gasteiger partial charge on any atom is -0.497 e. The van der Waals surface area contributed by atoms with Gasteiger partial charge < -0.3 is 19.5 Å². The van der Waals surface area contributed by atoms with Gasteiger partial charge in [0.05, 0.1) is 7.11 Å². The second kappa shape index (κ2) is 8.79. The highest BCUT2D eigenvalue weighted by Crippen LogP contribution is 2.16. The van der Waals surface area contributed by atoms with Gasteiger partial charge in [-0.15, -0.1) is 0 Å². The van der Waals surface area contributed by atoms with Crippen molar-refractivity contribution in [3.05, 3.63) is 53.6 Å². The van der Waals surface area contributed by atoms with E-state index >= 15 is 0 Å². The molecule has 0 aliphatic rings. The summed E-state index contributed by atoms with van der Waals surface area (Å²) in [6, 6.07) is 13.3. The van der Waals surface area contributed by atoms with Gasteiger partial charge in [-0.3, -0.25) is 4.79 Å². The van der Waals surface area contributed by atoms with Gasteiger partial charge in [-0.1, -0.05) is 11.6 Å². The maximum Gasteiger partial charge on any atom is 0.344 e. The van der Waals surface area contributed by atoms with Gasteiger partial charge in [0.1, 0.15) is 11.5 Å². The number of hydrogen-bond donors (Lipinski definition) is 1. The first-order valence-electron chi connectivity index (χ1n) is 7.05. The van der Waals surface area contributed by atoms with Crippen LogP contribution in [0.5, 0.6) is 11.5 Å². The van der Waals surface area contributed by atoms with Crippen LogP contribution in [0, 0.1) is 0 Å². The summed E-state index contributed by atoms with van der Waals surface area (Å²) in [5, 5.41) is 3.17. The average Bonchev–Trinajstić information content (AvgIpc) is 2.60.